The van der Waals surface area contributed by atoms with Crippen LogP contribution in [0.5, 0.6) is 0 Å². The highest BCUT2D eigenvalue weighted by atomic mass is 32.9. The van der Waals surface area contributed by atoms with Crippen molar-refractivity contribution < 1.29 is 14.4 Å². The Morgan fingerprint density at radius 3 is 2.13 bits per heavy atom. The van der Waals surface area contributed by atoms with Crippen molar-refractivity contribution in [2.75, 3.05) is 11.4 Å². The Morgan fingerprint density at radius 1 is 0.933 bits per heavy atom. The number of nitrogens with zero attached hydrogens (tertiary/aromatic N) is 2. The predicted octanol–water partition coefficient (Wildman–Crippen LogP) is 5.08. The second kappa shape index (κ2) is 6.66. The van der Waals surface area contributed by atoms with Crippen molar-refractivity contribution in [3.05, 3.63) is 68.4 Å². The highest BCUT2D eigenvalue weighted by Gasteiger charge is 2.45. The Hall–Kier alpha value is -2.68. The summed E-state index contributed by atoms with van der Waals surface area (Å²) in [6.45, 7) is 3.63. The van der Waals surface area contributed by atoms with Gasteiger partial charge in [-0.1, -0.05) is 63.2 Å². The minimum atomic E-state index is -0.655. The van der Waals surface area contributed by atoms with Crippen LogP contribution < -0.4 is 4.90 Å². The van der Waals surface area contributed by atoms with Crippen molar-refractivity contribution in [1.82, 2.24) is 4.90 Å². The Morgan fingerprint density at radius 2 is 1.50 bits per heavy atom. The SMILES string of the molecule is CC1(C)c2ssc(=S)c2-c2ccccc2N1C(=O)CN1C(=O)c2ccccc2C1=O. The third kappa shape index (κ3) is 2.57. The zero-order valence-electron chi connectivity index (χ0n) is 16.2. The summed E-state index contributed by atoms with van der Waals surface area (Å²) >= 11 is 5.57. The van der Waals surface area contributed by atoms with Crippen LogP contribution >= 0.6 is 32.9 Å². The number of imide groups is 1. The van der Waals surface area contributed by atoms with Gasteiger partial charge in [-0.05, 0) is 32.0 Å². The maximum Gasteiger partial charge on any atom is 0.262 e. The number of amides is 3. The maximum atomic E-state index is 13.6. The Kier molecular flexibility index (Phi) is 4.29. The van der Waals surface area contributed by atoms with Crippen molar-refractivity contribution >= 4 is 56.3 Å². The smallest absolute Gasteiger partial charge is 0.262 e. The minimum absolute atomic E-state index is 0.308. The van der Waals surface area contributed by atoms with Crippen LogP contribution in [0.25, 0.3) is 11.1 Å². The summed E-state index contributed by atoms with van der Waals surface area (Å²) in [4.78, 5) is 42.8. The van der Waals surface area contributed by atoms with Gasteiger partial charge < -0.3 is 0 Å². The molecule has 8 heteroatoms. The first-order valence-corrected chi connectivity index (χ1v) is 11.9. The van der Waals surface area contributed by atoms with Crippen molar-refractivity contribution in [2.24, 2.45) is 0 Å². The molecule has 0 aliphatic carbocycles. The van der Waals surface area contributed by atoms with Gasteiger partial charge in [-0.15, -0.1) is 0 Å². The molecule has 5 rings (SSSR count). The molecule has 2 aliphatic heterocycles. The van der Waals surface area contributed by atoms with E-state index in [1.54, 1.807) is 39.5 Å². The molecule has 5 nitrogen and oxygen atoms in total. The van der Waals surface area contributed by atoms with E-state index in [-0.39, 0.29) is 12.5 Å². The molecule has 150 valence electrons. The fraction of sp³-hybridized carbons (Fsp3) is 0.182. The average Bonchev–Trinajstić information content (AvgIpc) is 3.23. The van der Waals surface area contributed by atoms with Crippen LogP contribution in [-0.4, -0.2) is 29.2 Å². The molecule has 0 saturated carbocycles. The lowest BCUT2D eigenvalue weighted by Gasteiger charge is -2.43. The van der Waals surface area contributed by atoms with Gasteiger partial charge in [0.1, 0.15) is 10.4 Å². The lowest BCUT2D eigenvalue weighted by Crippen LogP contribution is -2.52. The molecular formula is C22H16N2O3S3. The molecule has 2 aliphatic rings. The zero-order valence-corrected chi connectivity index (χ0v) is 18.6. The number of hydrogen-bond donors (Lipinski definition) is 0. The molecule has 3 aromatic rings. The summed E-state index contributed by atoms with van der Waals surface area (Å²) in [5.41, 5.74) is 2.68. The van der Waals surface area contributed by atoms with Gasteiger partial charge in [0.25, 0.3) is 11.8 Å². The molecular weight excluding hydrogens is 436 g/mol. The quantitative estimate of drug-likeness (QED) is 0.309. The topological polar surface area (TPSA) is 57.7 Å². The van der Waals surface area contributed by atoms with Gasteiger partial charge in [0.2, 0.25) is 5.91 Å². The Labute approximate surface area is 185 Å². The molecule has 0 N–H and O–H groups in total. The van der Waals surface area contributed by atoms with E-state index in [0.717, 1.165) is 30.4 Å². The predicted molar refractivity (Wildman–Crippen MR) is 121 cm³/mol. The number of anilines is 1. The minimum Gasteiger partial charge on any atom is -0.300 e. The van der Waals surface area contributed by atoms with Crippen molar-refractivity contribution in [3.63, 3.8) is 0 Å². The van der Waals surface area contributed by atoms with Gasteiger partial charge in [0, 0.05) is 11.1 Å². The maximum absolute atomic E-state index is 13.6. The van der Waals surface area contributed by atoms with Crippen LogP contribution in [0, 0.1) is 3.82 Å². The van der Waals surface area contributed by atoms with E-state index in [1.807, 2.05) is 38.1 Å². The fourth-order valence-corrected chi connectivity index (χ4v) is 7.49. The number of benzene rings is 2. The third-order valence-corrected chi connectivity index (χ3v) is 8.91. The molecule has 0 bridgehead atoms. The van der Waals surface area contributed by atoms with Crippen LogP contribution in [0.1, 0.15) is 39.4 Å². The van der Waals surface area contributed by atoms with E-state index < -0.39 is 17.4 Å². The Balaban J connectivity index is 1.56. The lowest BCUT2D eigenvalue weighted by molar-refractivity contribution is -0.120. The van der Waals surface area contributed by atoms with Gasteiger partial charge in [-0.2, -0.15) is 0 Å². The summed E-state index contributed by atoms with van der Waals surface area (Å²) in [6, 6.07) is 14.3. The van der Waals surface area contributed by atoms with Crippen LogP contribution in [0.2, 0.25) is 0 Å². The highest BCUT2D eigenvalue weighted by molar-refractivity contribution is 7.80. The van der Waals surface area contributed by atoms with E-state index >= 15 is 0 Å². The first-order chi connectivity index (χ1) is 14.3. The van der Waals surface area contributed by atoms with Crippen LogP contribution in [0.4, 0.5) is 5.69 Å². The second-order valence-corrected chi connectivity index (χ2v) is 10.5. The average molecular weight is 453 g/mol. The fourth-order valence-electron chi connectivity index (χ4n) is 4.21. The molecule has 0 atom stereocenters. The van der Waals surface area contributed by atoms with Crippen molar-refractivity contribution in [2.45, 2.75) is 19.4 Å². The van der Waals surface area contributed by atoms with E-state index in [0.29, 0.717) is 11.1 Å². The number of rotatable bonds is 2. The first-order valence-electron chi connectivity index (χ1n) is 9.33. The molecule has 1 aromatic heterocycles. The van der Waals surface area contributed by atoms with Gasteiger partial charge in [0.15, 0.2) is 0 Å². The number of hydrogen-bond acceptors (Lipinski definition) is 6. The number of carbonyl (C=O) groups excluding carboxylic acids is 3. The molecule has 3 amide bonds. The summed E-state index contributed by atoms with van der Waals surface area (Å²) in [7, 11) is 3.10. The number of carbonyl (C=O) groups is 3. The van der Waals surface area contributed by atoms with Crippen LogP contribution in [-0.2, 0) is 10.3 Å². The normalized spacial score (nSPS) is 16.3. The van der Waals surface area contributed by atoms with Crippen LogP contribution in [0.3, 0.4) is 0 Å². The number of fused-ring (bicyclic) bond motifs is 4. The van der Waals surface area contributed by atoms with E-state index in [2.05, 4.69) is 0 Å². The molecule has 30 heavy (non-hydrogen) atoms. The molecule has 0 radical (unpaired) electrons. The summed E-state index contributed by atoms with van der Waals surface area (Å²) in [6.07, 6.45) is 0. The Bertz CT molecular complexity index is 1270. The monoisotopic (exact) mass is 452 g/mol. The van der Waals surface area contributed by atoms with Crippen molar-refractivity contribution in [3.8, 4) is 11.1 Å². The van der Waals surface area contributed by atoms with Gasteiger partial charge in [0.05, 0.1) is 27.2 Å². The third-order valence-electron chi connectivity index (χ3n) is 5.58. The largest absolute Gasteiger partial charge is 0.300 e. The van der Waals surface area contributed by atoms with Gasteiger partial charge >= 0.3 is 0 Å². The molecule has 0 fully saturated rings. The molecule has 0 unspecified atom stereocenters. The molecule has 3 heterocycles. The molecule has 0 spiro atoms. The molecule has 2 aromatic carbocycles. The summed E-state index contributed by atoms with van der Waals surface area (Å²) in [5, 5.41) is 0. The van der Waals surface area contributed by atoms with E-state index in [1.165, 1.54) is 10.3 Å². The number of para-hydroxylation sites is 1. The van der Waals surface area contributed by atoms with E-state index in [9.17, 15) is 14.4 Å². The molecule has 0 saturated heterocycles. The lowest BCUT2D eigenvalue weighted by atomic mass is 9.87. The van der Waals surface area contributed by atoms with Crippen LogP contribution in [0.15, 0.2) is 48.5 Å². The highest BCUT2D eigenvalue weighted by Crippen LogP contribution is 2.52. The zero-order chi connectivity index (χ0) is 21.2. The van der Waals surface area contributed by atoms with Crippen molar-refractivity contribution in [1.29, 1.82) is 0 Å². The standard InChI is InChI=1S/C22H16N2O3S3/c1-22(2)18-17(21(28)30-29-18)14-9-5-6-10-15(14)24(22)16(25)11-23-19(26)12-7-3-4-8-13(12)20(23)27/h3-10H,11H2,1-2H3. The van der Waals surface area contributed by atoms with E-state index in [4.69, 9.17) is 12.2 Å². The second-order valence-electron chi connectivity index (χ2n) is 7.71. The summed E-state index contributed by atoms with van der Waals surface area (Å²) < 4.78 is 0.808. The van der Waals surface area contributed by atoms with Gasteiger partial charge in [-0.25, -0.2) is 0 Å². The summed E-state index contributed by atoms with van der Waals surface area (Å²) in [5.74, 6) is -1.17. The van der Waals surface area contributed by atoms with Gasteiger partial charge in [-0.3, -0.25) is 24.2 Å². The first kappa shape index (κ1) is 19.3.